The van der Waals surface area contributed by atoms with Crippen molar-refractivity contribution in [3.8, 4) is 28.3 Å². The van der Waals surface area contributed by atoms with Crippen LogP contribution in [0.15, 0.2) is 66.7 Å². The number of carbonyl (C=O) groups excluding carboxylic acids is 1. The minimum atomic E-state index is -0.0343. The van der Waals surface area contributed by atoms with E-state index in [2.05, 4.69) is 13.8 Å². The summed E-state index contributed by atoms with van der Waals surface area (Å²) in [6.45, 7) is 5.58. The summed E-state index contributed by atoms with van der Waals surface area (Å²) in [6, 6.07) is 21.4. The number of carbonyl (C=O) groups is 1. The van der Waals surface area contributed by atoms with Gasteiger partial charge in [-0.2, -0.15) is 5.10 Å². The second kappa shape index (κ2) is 9.64. The minimum absolute atomic E-state index is 0.0343. The van der Waals surface area contributed by atoms with E-state index in [1.165, 1.54) is 0 Å². The van der Waals surface area contributed by atoms with E-state index < -0.39 is 0 Å². The number of ether oxygens (including phenoxy) is 1. The third kappa shape index (κ3) is 4.35. The van der Waals surface area contributed by atoms with Gasteiger partial charge in [-0.15, -0.1) is 0 Å². The molecule has 0 aliphatic heterocycles. The Bertz CT molecular complexity index is 1210. The molecule has 2 heterocycles. The van der Waals surface area contributed by atoms with Crippen LogP contribution in [0, 0.1) is 0 Å². The molecule has 4 rings (SSSR count). The van der Waals surface area contributed by atoms with Gasteiger partial charge in [0.05, 0.1) is 18.5 Å². The highest BCUT2D eigenvalue weighted by Gasteiger charge is 2.21. The molecule has 0 unspecified atom stereocenters. The second-order valence-electron chi connectivity index (χ2n) is 7.72. The van der Waals surface area contributed by atoms with Crippen molar-refractivity contribution in [3.05, 3.63) is 72.4 Å². The predicted molar refractivity (Wildman–Crippen MR) is 127 cm³/mol. The van der Waals surface area contributed by atoms with Crippen LogP contribution < -0.4 is 4.74 Å². The maximum absolute atomic E-state index is 13.6. The van der Waals surface area contributed by atoms with Crippen LogP contribution in [0.25, 0.3) is 28.2 Å². The standard InChI is InChI=1S/C26H28N4O2/c1-4-14-29(15-5-2)26(31)24-17-22(20-12-9-13-21(16-20)32-3)27-25-18-23(28-30(24)25)19-10-7-6-8-11-19/h6-13,16-18H,4-5,14-15H2,1-3H3. The third-order valence-corrected chi connectivity index (χ3v) is 5.36. The van der Waals surface area contributed by atoms with Crippen LogP contribution >= 0.6 is 0 Å². The fraction of sp³-hybridized carbons (Fsp3) is 0.269. The van der Waals surface area contributed by atoms with Gasteiger partial charge in [-0.05, 0) is 31.0 Å². The summed E-state index contributed by atoms with van der Waals surface area (Å²) in [7, 11) is 1.64. The van der Waals surface area contributed by atoms with Gasteiger partial charge in [0, 0.05) is 30.3 Å². The summed E-state index contributed by atoms with van der Waals surface area (Å²) in [5, 5.41) is 4.76. The molecule has 0 fully saturated rings. The lowest BCUT2D eigenvalue weighted by Gasteiger charge is -2.22. The molecule has 0 radical (unpaired) electrons. The summed E-state index contributed by atoms with van der Waals surface area (Å²) in [5.41, 5.74) is 4.52. The zero-order valence-corrected chi connectivity index (χ0v) is 18.8. The average molecular weight is 429 g/mol. The SMILES string of the molecule is CCCN(CCC)C(=O)c1cc(-c2cccc(OC)c2)nc2cc(-c3ccccc3)nn12. The number of hydrogen-bond donors (Lipinski definition) is 0. The molecular weight excluding hydrogens is 400 g/mol. The number of hydrogen-bond acceptors (Lipinski definition) is 4. The molecule has 0 aliphatic carbocycles. The first-order chi connectivity index (χ1) is 15.6. The van der Waals surface area contributed by atoms with Crippen molar-refractivity contribution in [2.45, 2.75) is 26.7 Å². The van der Waals surface area contributed by atoms with Gasteiger partial charge in [0.25, 0.3) is 5.91 Å². The minimum Gasteiger partial charge on any atom is -0.497 e. The quantitative estimate of drug-likeness (QED) is 0.380. The van der Waals surface area contributed by atoms with Crippen LogP contribution in [0.2, 0.25) is 0 Å². The first-order valence-electron chi connectivity index (χ1n) is 11.0. The predicted octanol–water partition coefficient (Wildman–Crippen LogP) is 5.33. The Morgan fingerprint density at radius 2 is 1.62 bits per heavy atom. The van der Waals surface area contributed by atoms with Gasteiger partial charge in [-0.3, -0.25) is 4.79 Å². The van der Waals surface area contributed by atoms with Crippen LogP contribution in [-0.2, 0) is 0 Å². The first-order valence-corrected chi connectivity index (χ1v) is 11.0. The van der Waals surface area contributed by atoms with Crippen molar-refractivity contribution >= 4 is 11.6 Å². The van der Waals surface area contributed by atoms with E-state index in [1.54, 1.807) is 11.6 Å². The maximum Gasteiger partial charge on any atom is 0.272 e. The molecule has 0 atom stereocenters. The molecule has 0 spiro atoms. The van der Waals surface area contributed by atoms with E-state index in [0.29, 0.717) is 30.1 Å². The summed E-state index contributed by atoms with van der Waals surface area (Å²) in [4.78, 5) is 20.3. The number of methoxy groups -OCH3 is 1. The van der Waals surface area contributed by atoms with Crippen LogP contribution in [0.4, 0.5) is 0 Å². The molecule has 0 N–H and O–H groups in total. The summed E-state index contributed by atoms with van der Waals surface area (Å²) >= 11 is 0. The van der Waals surface area contributed by atoms with E-state index in [4.69, 9.17) is 14.8 Å². The average Bonchev–Trinajstić information content (AvgIpc) is 3.28. The molecule has 0 saturated heterocycles. The molecule has 32 heavy (non-hydrogen) atoms. The fourth-order valence-electron chi connectivity index (χ4n) is 3.82. The number of amides is 1. The molecule has 2 aromatic carbocycles. The molecule has 0 aliphatic rings. The molecule has 2 aromatic heterocycles. The molecule has 0 saturated carbocycles. The number of benzene rings is 2. The number of nitrogens with zero attached hydrogens (tertiary/aromatic N) is 4. The van der Waals surface area contributed by atoms with E-state index in [0.717, 1.165) is 35.4 Å². The van der Waals surface area contributed by atoms with Crippen LogP contribution in [-0.4, -0.2) is 45.6 Å². The number of rotatable bonds is 8. The van der Waals surface area contributed by atoms with E-state index in [-0.39, 0.29) is 5.91 Å². The molecule has 4 aromatic rings. The Kier molecular flexibility index (Phi) is 6.50. The lowest BCUT2D eigenvalue weighted by molar-refractivity contribution is 0.0746. The third-order valence-electron chi connectivity index (χ3n) is 5.36. The van der Waals surface area contributed by atoms with Gasteiger partial charge in [-0.25, -0.2) is 9.50 Å². The first kappa shape index (κ1) is 21.6. The van der Waals surface area contributed by atoms with E-state index in [9.17, 15) is 4.79 Å². The van der Waals surface area contributed by atoms with Gasteiger partial charge < -0.3 is 9.64 Å². The van der Waals surface area contributed by atoms with E-state index >= 15 is 0 Å². The molecule has 164 valence electrons. The zero-order chi connectivity index (χ0) is 22.5. The summed E-state index contributed by atoms with van der Waals surface area (Å²) < 4.78 is 7.06. The monoisotopic (exact) mass is 428 g/mol. The molecular formula is C26H28N4O2. The zero-order valence-electron chi connectivity index (χ0n) is 18.8. The Morgan fingerprint density at radius 3 is 2.31 bits per heavy atom. The van der Waals surface area contributed by atoms with Crippen LogP contribution in [0.1, 0.15) is 37.2 Å². The highest BCUT2D eigenvalue weighted by molar-refractivity contribution is 5.94. The molecule has 1 amide bonds. The van der Waals surface area contributed by atoms with Crippen molar-refractivity contribution in [1.82, 2.24) is 19.5 Å². The van der Waals surface area contributed by atoms with Crippen LogP contribution in [0.3, 0.4) is 0 Å². The fourth-order valence-corrected chi connectivity index (χ4v) is 3.82. The number of fused-ring (bicyclic) bond motifs is 1. The molecule has 0 bridgehead atoms. The topological polar surface area (TPSA) is 59.7 Å². The molecule has 6 heteroatoms. The Hall–Kier alpha value is -3.67. The van der Waals surface area contributed by atoms with Crippen molar-refractivity contribution in [2.24, 2.45) is 0 Å². The lowest BCUT2D eigenvalue weighted by atomic mass is 10.1. The summed E-state index contributed by atoms with van der Waals surface area (Å²) in [5.74, 6) is 0.710. The number of aromatic nitrogens is 3. The van der Waals surface area contributed by atoms with Crippen molar-refractivity contribution < 1.29 is 9.53 Å². The highest BCUT2D eigenvalue weighted by Crippen LogP contribution is 2.26. The normalized spacial score (nSPS) is 11.0. The molecule has 6 nitrogen and oxygen atoms in total. The Balaban J connectivity index is 1.90. The van der Waals surface area contributed by atoms with Gasteiger partial charge in [-0.1, -0.05) is 56.3 Å². The smallest absolute Gasteiger partial charge is 0.272 e. The van der Waals surface area contributed by atoms with Gasteiger partial charge in [0.2, 0.25) is 0 Å². The highest BCUT2D eigenvalue weighted by atomic mass is 16.5. The second-order valence-corrected chi connectivity index (χ2v) is 7.72. The van der Waals surface area contributed by atoms with Gasteiger partial charge in [0.1, 0.15) is 11.4 Å². The van der Waals surface area contributed by atoms with Crippen molar-refractivity contribution in [2.75, 3.05) is 20.2 Å². The Morgan fingerprint density at radius 1 is 0.906 bits per heavy atom. The Labute approximate surface area is 188 Å². The maximum atomic E-state index is 13.6. The van der Waals surface area contributed by atoms with E-state index in [1.807, 2.05) is 71.6 Å². The summed E-state index contributed by atoms with van der Waals surface area (Å²) in [6.07, 6.45) is 1.80. The van der Waals surface area contributed by atoms with Crippen LogP contribution in [0.5, 0.6) is 5.75 Å². The van der Waals surface area contributed by atoms with Crippen molar-refractivity contribution in [3.63, 3.8) is 0 Å². The van der Waals surface area contributed by atoms with Gasteiger partial charge in [0.15, 0.2) is 5.65 Å². The van der Waals surface area contributed by atoms with Gasteiger partial charge >= 0.3 is 0 Å². The largest absolute Gasteiger partial charge is 0.497 e. The van der Waals surface area contributed by atoms with Crippen molar-refractivity contribution in [1.29, 1.82) is 0 Å². The lowest BCUT2D eigenvalue weighted by Crippen LogP contribution is -2.34.